The number of rotatable bonds is 5. The first-order chi connectivity index (χ1) is 10.2. The van der Waals surface area contributed by atoms with Gasteiger partial charge in [0.25, 0.3) is 5.91 Å². The summed E-state index contributed by atoms with van der Waals surface area (Å²) < 4.78 is 10.7. The lowest BCUT2D eigenvalue weighted by molar-refractivity contribution is -0.130. The molecule has 2 rings (SSSR count). The van der Waals surface area contributed by atoms with Gasteiger partial charge in [-0.25, -0.2) is 0 Å². The van der Waals surface area contributed by atoms with Gasteiger partial charge < -0.3 is 25.1 Å². The van der Waals surface area contributed by atoms with E-state index in [1.54, 1.807) is 12.1 Å². The monoisotopic (exact) mass is 295 g/mol. The van der Waals surface area contributed by atoms with Crippen molar-refractivity contribution in [2.24, 2.45) is 5.73 Å². The number of nitrogens with one attached hydrogen (secondary N) is 1. The maximum absolute atomic E-state index is 12.5. The van der Waals surface area contributed by atoms with Crippen LogP contribution >= 0.6 is 0 Å². The fraction of sp³-hybridized carbons (Fsp3) is 0.571. The van der Waals surface area contributed by atoms with Crippen LogP contribution in [0.4, 0.5) is 0 Å². The van der Waals surface area contributed by atoms with Crippen molar-refractivity contribution < 1.29 is 18.7 Å². The Morgan fingerprint density at radius 1 is 1.48 bits per heavy atom. The number of morpholine rings is 1. The van der Waals surface area contributed by atoms with E-state index in [2.05, 4.69) is 5.32 Å². The number of hydrogen-bond acceptors (Lipinski definition) is 5. The summed E-state index contributed by atoms with van der Waals surface area (Å²) in [6, 6.07) is 2.63. The molecule has 7 nitrogen and oxygen atoms in total. The normalized spacial score (nSPS) is 18.6. The Hall–Kier alpha value is -1.86. The number of ether oxygens (including phenoxy) is 1. The molecule has 1 atom stereocenters. The van der Waals surface area contributed by atoms with Crippen LogP contribution in [0, 0.1) is 0 Å². The second-order valence-corrected chi connectivity index (χ2v) is 4.85. The Kier molecular flexibility index (Phi) is 5.35. The molecule has 0 saturated carbocycles. The van der Waals surface area contributed by atoms with Crippen LogP contribution in [0.5, 0.6) is 0 Å². The second-order valence-electron chi connectivity index (χ2n) is 4.85. The summed E-state index contributed by atoms with van der Waals surface area (Å²) in [6.07, 6.45) is 0.839. The standard InChI is InChI=1S/C14H21N3O4/c1-2-5-16-13(18)11-9-20-7-6-17(11)14(19)12-4-3-10(8-15)21-12/h3-4,11H,2,5-9,15H2,1H3,(H,16,18). The van der Waals surface area contributed by atoms with Crippen molar-refractivity contribution in [3.63, 3.8) is 0 Å². The highest BCUT2D eigenvalue weighted by Gasteiger charge is 2.34. The van der Waals surface area contributed by atoms with E-state index in [0.717, 1.165) is 6.42 Å². The van der Waals surface area contributed by atoms with E-state index in [-0.39, 0.29) is 30.7 Å². The molecule has 1 aromatic rings. The van der Waals surface area contributed by atoms with Gasteiger partial charge in [0.1, 0.15) is 11.8 Å². The predicted octanol–water partition coefficient (Wildman–Crippen LogP) is 0.106. The molecular weight excluding hydrogens is 274 g/mol. The largest absolute Gasteiger partial charge is 0.455 e. The molecule has 21 heavy (non-hydrogen) atoms. The maximum atomic E-state index is 12.5. The number of carbonyl (C=O) groups excluding carboxylic acids is 2. The summed E-state index contributed by atoms with van der Waals surface area (Å²) in [7, 11) is 0. The predicted molar refractivity (Wildman–Crippen MR) is 75.5 cm³/mol. The SMILES string of the molecule is CCCNC(=O)C1COCCN1C(=O)c1ccc(CN)o1. The average molecular weight is 295 g/mol. The van der Waals surface area contributed by atoms with Crippen molar-refractivity contribution in [1.82, 2.24) is 10.2 Å². The lowest BCUT2D eigenvalue weighted by Crippen LogP contribution is -2.55. The summed E-state index contributed by atoms with van der Waals surface area (Å²) in [5.74, 6) is 0.231. The first-order valence-electron chi connectivity index (χ1n) is 7.12. The quantitative estimate of drug-likeness (QED) is 0.803. The highest BCUT2D eigenvalue weighted by Crippen LogP contribution is 2.15. The zero-order valence-corrected chi connectivity index (χ0v) is 12.1. The van der Waals surface area contributed by atoms with E-state index in [4.69, 9.17) is 14.9 Å². The minimum Gasteiger partial charge on any atom is -0.455 e. The summed E-state index contributed by atoms with van der Waals surface area (Å²) in [6.45, 7) is 3.76. The Bertz CT molecular complexity index is 500. The molecule has 2 heterocycles. The van der Waals surface area contributed by atoms with E-state index in [0.29, 0.717) is 25.5 Å². The van der Waals surface area contributed by atoms with E-state index in [1.165, 1.54) is 4.90 Å². The molecule has 7 heteroatoms. The van der Waals surface area contributed by atoms with Crippen molar-refractivity contribution in [2.45, 2.75) is 25.9 Å². The lowest BCUT2D eigenvalue weighted by atomic mass is 10.2. The van der Waals surface area contributed by atoms with E-state index < -0.39 is 6.04 Å². The molecule has 2 amide bonds. The molecule has 0 spiro atoms. The van der Waals surface area contributed by atoms with Crippen molar-refractivity contribution in [3.05, 3.63) is 23.7 Å². The molecule has 1 aliphatic rings. The first kappa shape index (κ1) is 15.5. The Morgan fingerprint density at radius 2 is 2.29 bits per heavy atom. The number of hydrogen-bond donors (Lipinski definition) is 2. The fourth-order valence-corrected chi connectivity index (χ4v) is 2.17. The minimum atomic E-state index is -0.621. The summed E-state index contributed by atoms with van der Waals surface area (Å²) in [5, 5.41) is 2.79. The van der Waals surface area contributed by atoms with Gasteiger partial charge in [0, 0.05) is 13.1 Å². The van der Waals surface area contributed by atoms with Gasteiger partial charge in [-0.2, -0.15) is 0 Å². The van der Waals surface area contributed by atoms with Crippen LogP contribution in [-0.4, -0.2) is 49.1 Å². The van der Waals surface area contributed by atoms with Gasteiger partial charge in [-0.3, -0.25) is 9.59 Å². The van der Waals surface area contributed by atoms with Crippen molar-refractivity contribution in [2.75, 3.05) is 26.3 Å². The molecule has 1 aromatic heterocycles. The van der Waals surface area contributed by atoms with Gasteiger partial charge in [0.15, 0.2) is 5.76 Å². The molecular formula is C14H21N3O4. The van der Waals surface area contributed by atoms with Crippen LogP contribution in [-0.2, 0) is 16.1 Å². The van der Waals surface area contributed by atoms with E-state index in [1.807, 2.05) is 6.92 Å². The minimum absolute atomic E-state index is 0.199. The first-order valence-corrected chi connectivity index (χ1v) is 7.12. The highest BCUT2D eigenvalue weighted by molar-refractivity contribution is 5.95. The fourth-order valence-electron chi connectivity index (χ4n) is 2.17. The molecule has 1 saturated heterocycles. The second kappa shape index (κ2) is 7.24. The van der Waals surface area contributed by atoms with E-state index >= 15 is 0 Å². The third-order valence-corrected chi connectivity index (χ3v) is 3.31. The third-order valence-electron chi connectivity index (χ3n) is 3.31. The Morgan fingerprint density at radius 3 is 2.95 bits per heavy atom. The van der Waals surface area contributed by atoms with Crippen LogP contribution in [0.15, 0.2) is 16.5 Å². The van der Waals surface area contributed by atoms with Crippen LogP contribution in [0.2, 0.25) is 0 Å². The Balaban J connectivity index is 2.10. The van der Waals surface area contributed by atoms with Crippen molar-refractivity contribution in [1.29, 1.82) is 0 Å². The zero-order chi connectivity index (χ0) is 15.2. The van der Waals surface area contributed by atoms with Gasteiger partial charge >= 0.3 is 0 Å². The number of amides is 2. The zero-order valence-electron chi connectivity index (χ0n) is 12.1. The van der Waals surface area contributed by atoms with E-state index in [9.17, 15) is 9.59 Å². The van der Waals surface area contributed by atoms with Gasteiger partial charge in [-0.1, -0.05) is 6.92 Å². The van der Waals surface area contributed by atoms with Crippen LogP contribution in [0.25, 0.3) is 0 Å². The molecule has 0 bridgehead atoms. The number of furan rings is 1. The van der Waals surface area contributed by atoms with Gasteiger partial charge in [-0.15, -0.1) is 0 Å². The van der Waals surface area contributed by atoms with Gasteiger partial charge in [0.2, 0.25) is 5.91 Å². The van der Waals surface area contributed by atoms with Crippen LogP contribution in [0.3, 0.4) is 0 Å². The number of nitrogens with two attached hydrogens (primary N) is 1. The molecule has 0 radical (unpaired) electrons. The maximum Gasteiger partial charge on any atom is 0.290 e. The molecule has 1 unspecified atom stereocenters. The molecule has 116 valence electrons. The molecule has 1 fully saturated rings. The lowest BCUT2D eigenvalue weighted by Gasteiger charge is -2.33. The summed E-state index contributed by atoms with van der Waals surface area (Å²) in [5.41, 5.74) is 5.47. The summed E-state index contributed by atoms with van der Waals surface area (Å²) >= 11 is 0. The average Bonchev–Trinajstić information content (AvgIpc) is 3.01. The van der Waals surface area contributed by atoms with Gasteiger partial charge in [-0.05, 0) is 18.6 Å². The molecule has 1 aliphatic heterocycles. The third kappa shape index (κ3) is 3.62. The van der Waals surface area contributed by atoms with Crippen molar-refractivity contribution in [3.8, 4) is 0 Å². The highest BCUT2D eigenvalue weighted by atomic mass is 16.5. The summed E-state index contributed by atoms with van der Waals surface area (Å²) in [4.78, 5) is 26.1. The van der Waals surface area contributed by atoms with Crippen LogP contribution < -0.4 is 11.1 Å². The topological polar surface area (TPSA) is 97.8 Å². The number of nitrogens with zero attached hydrogens (tertiary/aromatic N) is 1. The Labute approximate surface area is 123 Å². The molecule has 3 N–H and O–H groups in total. The van der Waals surface area contributed by atoms with Gasteiger partial charge in [0.05, 0.1) is 19.8 Å². The van der Waals surface area contributed by atoms with Crippen molar-refractivity contribution >= 4 is 11.8 Å². The smallest absolute Gasteiger partial charge is 0.290 e. The number of carbonyl (C=O) groups is 2. The van der Waals surface area contributed by atoms with Crippen LogP contribution in [0.1, 0.15) is 29.7 Å². The molecule has 0 aromatic carbocycles. The molecule has 0 aliphatic carbocycles.